The Kier molecular flexibility index (Phi) is 5.75. The van der Waals surface area contributed by atoms with Gasteiger partial charge in [-0.3, -0.25) is 9.69 Å². The fraction of sp³-hybridized carbons (Fsp3) is 0.588. The highest BCUT2D eigenvalue weighted by molar-refractivity contribution is 5.75. The van der Waals surface area contributed by atoms with Crippen LogP contribution in [0.5, 0.6) is 0 Å². The number of benzene rings is 1. The van der Waals surface area contributed by atoms with Crippen molar-refractivity contribution in [2.75, 3.05) is 0 Å². The molecule has 0 bridgehead atoms. The lowest BCUT2D eigenvalue weighted by Gasteiger charge is -2.33. The Balaban J connectivity index is 2.78. The van der Waals surface area contributed by atoms with E-state index < -0.39 is 5.60 Å². The summed E-state index contributed by atoms with van der Waals surface area (Å²) in [4.78, 5) is 14.4. The number of nitrogens with zero attached hydrogens (tertiary/aromatic N) is 1. The van der Waals surface area contributed by atoms with Gasteiger partial charge in [0.15, 0.2) is 0 Å². The molecule has 0 heterocycles. The van der Waals surface area contributed by atoms with Crippen LogP contribution in [0, 0.1) is 0 Å². The molecule has 0 aliphatic heterocycles. The highest BCUT2D eigenvalue weighted by atomic mass is 16.6. The summed E-state index contributed by atoms with van der Waals surface area (Å²) >= 11 is 0. The predicted octanol–water partition coefficient (Wildman–Crippen LogP) is 3.63. The number of ether oxygens (including phenoxy) is 1. The molecule has 0 aliphatic carbocycles. The number of hydrogen-bond donors (Lipinski definition) is 0. The van der Waals surface area contributed by atoms with Gasteiger partial charge in [-0.2, -0.15) is 0 Å². The summed E-state index contributed by atoms with van der Waals surface area (Å²) in [6.45, 7) is 12.6. The molecule has 0 amide bonds. The summed E-state index contributed by atoms with van der Waals surface area (Å²) in [6.07, 6.45) is 0. The second-order valence-electron chi connectivity index (χ2n) is 6.46. The molecule has 0 aromatic heterocycles. The highest BCUT2D eigenvalue weighted by Crippen LogP contribution is 2.16. The molecule has 0 spiro atoms. The molecular formula is C17H27NO2. The van der Waals surface area contributed by atoms with Gasteiger partial charge in [-0.25, -0.2) is 0 Å². The Bertz CT molecular complexity index is 420. The molecular weight excluding hydrogens is 250 g/mol. The first kappa shape index (κ1) is 16.7. The zero-order chi connectivity index (χ0) is 15.3. The van der Waals surface area contributed by atoms with Crippen LogP contribution in [-0.4, -0.2) is 28.6 Å². The largest absolute Gasteiger partial charge is 0.459 e. The van der Waals surface area contributed by atoms with Gasteiger partial charge in [0.25, 0.3) is 0 Å². The minimum absolute atomic E-state index is 0.165. The summed E-state index contributed by atoms with van der Waals surface area (Å²) in [5.41, 5.74) is 0.761. The van der Waals surface area contributed by atoms with E-state index in [1.165, 1.54) is 5.56 Å². The van der Waals surface area contributed by atoms with Crippen molar-refractivity contribution >= 4 is 5.97 Å². The van der Waals surface area contributed by atoms with Crippen LogP contribution in [0.15, 0.2) is 30.3 Å². The van der Waals surface area contributed by atoms with E-state index in [4.69, 9.17) is 4.74 Å². The van der Waals surface area contributed by atoms with Gasteiger partial charge in [0.1, 0.15) is 11.6 Å². The lowest BCUT2D eigenvalue weighted by Crippen LogP contribution is -2.45. The summed E-state index contributed by atoms with van der Waals surface area (Å²) in [7, 11) is 0. The fourth-order valence-electron chi connectivity index (χ4n) is 2.08. The van der Waals surface area contributed by atoms with Crippen LogP contribution in [-0.2, 0) is 16.1 Å². The van der Waals surface area contributed by atoms with Gasteiger partial charge < -0.3 is 4.74 Å². The monoisotopic (exact) mass is 277 g/mol. The fourth-order valence-corrected chi connectivity index (χ4v) is 2.08. The van der Waals surface area contributed by atoms with Crippen LogP contribution in [0.25, 0.3) is 0 Å². The lowest BCUT2D eigenvalue weighted by atomic mass is 10.1. The minimum Gasteiger partial charge on any atom is -0.459 e. The van der Waals surface area contributed by atoms with Gasteiger partial charge >= 0.3 is 5.97 Å². The van der Waals surface area contributed by atoms with Crippen molar-refractivity contribution in [3.8, 4) is 0 Å². The Morgan fingerprint density at radius 3 is 2.15 bits per heavy atom. The van der Waals surface area contributed by atoms with E-state index in [2.05, 4.69) is 30.9 Å². The standard InChI is InChI=1S/C17H27NO2/c1-13(2)18(12-15-10-8-7-9-11-15)14(3)16(19)20-17(4,5)6/h7-11,13-14H,12H2,1-6H3. The van der Waals surface area contributed by atoms with Crippen LogP contribution in [0.1, 0.15) is 47.1 Å². The number of hydrogen-bond acceptors (Lipinski definition) is 3. The van der Waals surface area contributed by atoms with E-state index in [1.54, 1.807) is 0 Å². The van der Waals surface area contributed by atoms with Crippen molar-refractivity contribution in [2.24, 2.45) is 0 Å². The van der Waals surface area contributed by atoms with E-state index in [-0.39, 0.29) is 18.1 Å². The third-order valence-electron chi connectivity index (χ3n) is 3.12. The minimum atomic E-state index is -0.444. The second-order valence-corrected chi connectivity index (χ2v) is 6.46. The third-order valence-corrected chi connectivity index (χ3v) is 3.12. The first-order valence-corrected chi connectivity index (χ1v) is 7.23. The van der Waals surface area contributed by atoms with Crippen LogP contribution in [0.3, 0.4) is 0 Å². The van der Waals surface area contributed by atoms with Gasteiger partial charge in [0.05, 0.1) is 0 Å². The molecule has 0 saturated heterocycles. The van der Waals surface area contributed by atoms with Gasteiger partial charge in [-0.15, -0.1) is 0 Å². The van der Waals surface area contributed by atoms with E-state index >= 15 is 0 Å². The molecule has 1 rings (SSSR count). The molecule has 1 aromatic carbocycles. The molecule has 20 heavy (non-hydrogen) atoms. The van der Waals surface area contributed by atoms with E-state index in [9.17, 15) is 4.79 Å². The van der Waals surface area contributed by atoms with Crippen molar-refractivity contribution in [1.82, 2.24) is 4.90 Å². The average molecular weight is 277 g/mol. The number of esters is 1. The van der Waals surface area contributed by atoms with Gasteiger partial charge in [0.2, 0.25) is 0 Å². The number of carbonyl (C=O) groups is 1. The average Bonchev–Trinajstić information content (AvgIpc) is 2.34. The molecule has 112 valence electrons. The maximum Gasteiger partial charge on any atom is 0.323 e. The van der Waals surface area contributed by atoms with E-state index in [1.807, 2.05) is 45.9 Å². The quantitative estimate of drug-likeness (QED) is 0.770. The Morgan fingerprint density at radius 2 is 1.70 bits per heavy atom. The lowest BCUT2D eigenvalue weighted by molar-refractivity contribution is -0.161. The molecule has 0 saturated carbocycles. The molecule has 1 atom stereocenters. The van der Waals surface area contributed by atoms with Crippen LogP contribution < -0.4 is 0 Å². The van der Waals surface area contributed by atoms with E-state index in [0.717, 1.165) is 6.54 Å². The second kappa shape index (κ2) is 6.89. The maximum atomic E-state index is 12.2. The number of carbonyl (C=O) groups excluding carboxylic acids is 1. The van der Waals surface area contributed by atoms with Crippen molar-refractivity contribution in [2.45, 2.75) is 65.8 Å². The van der Waals surface area contributed by atoms with Crippen molar-refractivity contribution in [3.05, 3.63) is 35.9 Å². The topological polar surface area (TPSA) is 29.5 Å². The summed E-state index contributed by atoms with van der Waals surface area (Å²) in [5, 5.41) is 0. The molecule has 3 nitrogen and oxygen atoms in total. The highest BCUT2D eigenvalue weighted by Gasteiger charge is 2.28. The summed E-state index contributed by atoms with van der Waals surface area (Å²) in [5.74, 6) is -0.165. The molecule has 0 N–H and O–H groups in total. The van der Waals surface area contributed by atoms with Crippen LogP contribution >= 0.6 is 0 Å². The van der Waals surface area contributed by atoms with Gasteiger partial charge in [0, 0.05) is 12.6 Å². The summed E-state index contributed by atoms with van der Waals surface area (Å²) < 4.78 is 5.49. The third kappa shape index (κ3) is 5.33. The smallest absolute Gasteiger partial charge is 0.323 e. The number of rotatable bonds is 5. The molecule has 1 aromatic rings. The zero-order valence-electron chi connectivity index (χ0n) is 13.5. The Labute approximate surface area is 122 Å². The molecule has 0 fully saturated rings. The molecule has 1 unspecified atom stereocenters. The SMILES string of the molecule is CC(C)N(Cc1ccccc1)C(C)C(=O)OC(C)(C)C. The predicted molar refractivity (Wildman–Crippen MR) is 82.4 cm³/mol. The first-order valence-electron chi connectivity index (χ1n) is 7.23. The van der Waals surface area contributed by atoms with Crippen molar-refractivity contribution < 1.29 is 9.53 Å². The van der Waals surface area contributed by atoms with Gasteiger partial charge in [-0.05, 0) is 47.1 Å². The Hall–Kier alpha value is -1.35. The van der Waals surface area contributed by atoms with E-state index in [0.29, 0.717) is 0 Å². The normalized spacial score (nSPS) is 13.6. The van der Waals surface area contributed by atoms with Crippen LogP contribution in [0.2, 0.25) is 0 Å². The van der Waals surface area contributed by atoms with Crippen molar-refractivity contribution in [1.29, 1.82) is 0 Å². The first-order chi connectivity index (χ1) is 9.20. The maximum absolute atomic E-state index is 12.2. The van der Waals surface area contributed by atoms with Crippen LogP contribution in [0.4, 0.5) is 0 Å². The van der Waals surface area contributed by atoms with Crippen molar-refractivity contribution in [3.63, 3.8) is 0 Å². The zero-order valence-corrected chi connectivity index (χ0v) is 13.5. The summed E-state index contributed by atoms with van der Waals surface area (Å²) in [6, 6.07) is 10.2. The van der Waals surface area contributed by atoms with Gasteiger partial charge in [-0.1, -0.05) is 30.3 Å². The molecule has 3 heteroatoms. The Morgan fingerprint density at radius 1 is 1.15 bits per heavy atom. The molecule has 0 aliphatic rings. The molecule has 0 radical (unpaired) electrons.